The molecule has 0 unspecified atom stereocenters. The maximum absolute atomic E-state index is 11.9. The summed E-state index contributed by atoms with van der Waals surface area (Å²) in [5.74, 6) is -0.112. The van der Waals surface area contributed by atoms with E-state index in [1.54, 1.807) is 31.6 Å². The number of amides is 1. The van der Waals surface area contributed by atoms with E-state index < -0.39 is 5.60 Å². The molecule has 0 radical (unpaired) electrons. The zero-order valence-corrected chi connectivity index (χ0v) is 17.3. The van der Waals surface area contributed by atoms with Crippen LogP contribution in [0, 0.1) is 0 Å². The molecule has 0 fully saturated rings. The number of nitrogens with zero attached hydrogens (tertiary/aromatic N) is 3. The molecular weight excluding hydrogens is 378 g/mol. The molecule has 0 saturated heterocycles. The van der Waals surface area contributed by atoms with Crippen molar-refractivity contribution >= 4 is 16.8 Å². The van der Waals surface area contributed by atoms with Crippen LogP contribution in [0.4, 0.5) is 0 Å². The van der Waals surface area contributed by atoms with Crippen LogP contribution < -0.4 is 5.32 Å². The first-order chi connectivity index (χ1) is 14.3. The highest BCUT2D eigenvalue weighted by Gasteiger charge is 2.14. The van der Waals surface area contributed by atoms with Crippen LogP contribution in [0.1, 0.15) is 35.5 Å². The maximum Gasteiger partial charge on any atom is 0.251 e. The first-order valence-corrected chi connectivity index (χ1v) is 9.85. The number of aliphatic hydroxyl groups is 1. The van der Waals surface area contributed by atoms with E-state index in [9.17, 15) is 9.90 Å². The number of hydrogen-bond donors (Lipinski definition) is 3. The van der Waals surface area contributed by atoms with Gasteiger partial charge in [-0.3, -0.25) is 14.6 Å². The fourth-order valence-corrected chi connectivity index (χ4v) is 3.50. The molecule has 2 aromatic heterocycles. The number of hydrogen-bond acceptors (Lipinski definition) is 4. The van der Waals surface area contributed by atoms with Gasteiger partial charge in [0.15, 0.2) is 0 Å². The van der Waals surface area contributed by atoms with Crippen LogP contribution in [0.25, 0.3) is 22.0 Å². The standard InChI is InChI=1S/C23H25N5O2/c1-23(2,30)14-28-13-18(12-25-28)16-6-4-15(5-7-16)10-21-19-11-17(22(29)24-3)8-9-20(19)26-27-21/h4-9,11-13,30H,10,14H2,1-3H3,(H,24,29)(H,26,27). The van der Waals surface area contributed by atoms with Gasteiger partial charge in [0.05, 0.1) is 23.9 Å². The first kappa shape index (κ1) is 19.8. The fourth-order valence-electron chi connectivity index (χ4n) is 3.50. The Morgan fingerprint density at radius 2 is 1.93 bits per heavy atom. The molecule has 2 aromatic carbocycles. The van der Waals surface area contributed by atoms with Crippen LogP contribution in [0.2, 0.25) is 0 Å². The molecule has 0 aliphatic heterocycles. The largest absolute Gasteiger partial charge is 0.389 e. The van der Waals surface area contributed by atoms with Gasteiger partial charge in [-0.05, 0) is 43.2 Å². The number of fused-ring (bicyclic) bond motifs is 1. The van der Waals surface area contributed by atoms with Gasteiger partial charge in [-0.15, -0.1) is 0 Å². The Hall–Kier alpha value is -3.45. The third kappa shape index (κ3) is 4.26. The van der Waals surface area contributed by atoms with E-state index in [1.807, 2.05) is 24.5 Å². The number of carbonyl (C=O) groups excluding carboxylic acids is 1. The van der Waals surface area contributed by atoms with Crippen LogP contribution in [0.5, 0.6) is 0 Å². The minimum Gasteiger partial charge on any atom is -0.389 e. The van der Waals surface area contributed by atoms with Gasteiger partial charge in [-0.2, -0.15) is 10.2 Å². The fraction of sp³-hybridized carbons (Fsp3) is 0.261. The summed E-state index contributed by atoms with van der Waals surface area (Å²) in [4.78, 5) is 11.9. The summed E-state index contributed by atoms with van der Waals surface area (Å²) in [5.41, 5.74) is 4.84. The minimum atomic E-state index is -0.808. The zero-order valence-electron chi connectivity index (χ0n) is 17.3. The van der Waals surface area contributed by atoms with Crippen molar-refractivity contribution in [2.75, 3.05) is 7.05 Å². The van der Waals surface area contributed by atoms with Gasteiger partial charge in [0.2, 0.25) is 0 Å². The van der Waals surface area contributed by atoms with Crippen molar-refractivity contribution in [2.24, 2.45) is 0 Å². The van der Waals surface area contributed by atoms with Gasteiger partial charge in [0.1, 0.15) is 0 Å². The molecule has 4 rings (SSSR count). The van der Waals surface area contributed by atoms with Crippen molar-refractivity contribution < 1.29 is 9.90 Å². The number of aromatic nitrogens is 4. The number of carbonyl (C=O) groups is 1. The van der Waals surface area contributed by atoms with Gasteiger partial charge in [0.25, 0.3) is 5.91 Å². The smallest absolute Gasteiger partial charge is 0.251 e. The Labute approximate surface area is 174 Å². The highest BCUT2D eigenvalue weighted by molar-refractivity contribution is 5.98. The van der Waals surface area contributed by atoms with Crippen molar-refractivity contribution in [2.45, 2.75) is 32.4 Å². The highest BCUT2D eigenvalue weighted by atomic mass is 16.3. The van der Waals surface area contributed by atoms with Crippen LogP contribution in [0.3, 0.4) is 0 Å². The molecule has 0 aliphatic carbocycles. The summed E-state index contributed by atoms with van der Waals surface area (Å²) in [6.45, 7) is 3.97. The summed E-state index contributed by atoms with van der Waals surface area (Å²) < 4.78 is 1.75. The second kappa shape index (κ2) is 7.76. The second-order valence-corrected chi connectivity index (χ2v) is 8.13. The van der Waals surface area contributed by atoms with Gasteiger partial charge in [0, 0.05) is 41.9 Å². The molecule has 0 bridgehead atoms. The summed E-state index contributed by atoms with van der Waals surface area (Å²) >= 11 is 0. The van der Waals surface area contributed by atoms with Crippen molar-refractivity contribution in [1.82, 2.24) is 25.3 Å². The predicted molar refractivity (Wildman–Crippen MR) is 116 cm³/mol. The molecule has 3 N–H and O–H groups in total. The van der Waals surface area contributed by atoms with Crippen LogP contribution in [-0.4, -0.2) is 43.6 Å². The lowest BCUT2D eigenvalue weighted by Crippen LogP contribution is -2.26. The minimum absolute atomic E-state index is 0.112. The molecule has 0 atom stereocenters. The lowest BCUT2D eigenvalue weighted by Gasteiger charge is -2.16. The van der Waals surface area contributed by atoms with Crippen molar-refractivity contribution in [3.05, 3.63) is 71.7 Å². The molecule has 30 heavy (non-hydrogen) atoms. The molecule has 7 heteroatoms. The van der Waals surface area contributed by atoms with E-state index in [0.717, 1.165) is 33.3 Å². The summed E-state index contributed by atoms with van der Waals surface area (Å²) in [7, 11) is 1.62. The van der Waals surface area contributed by atoms with Crippen LogP contribution in [0.15, 0.2) is 54.9 Å². The molecule has 0 saturated carbocycles. The van der Waals surface area contributed by atoms with Crippen molar-refractivity contribution in [1.29, 1.82) is 0 Å². The van der Waals surface area contributed by atoms with E-state index >= 15 is 0 Å². The number of nitrogens with one attached hydrogen (secondary N) is 2. The Kier molecular flexibility index (Phi) is 5.13. The van der Waals surface area contributed by atoms with Gasteiger partial charge in [-0.1, -0.05) is 24.3 Å². The van der Waals surface area contributed by atoms with Gasteiger partial charge >= 0.3 is 0 Å². The molecule has 1 amide bonds. The molecule has 0 aliphatic rings. The average Bonchev–Trinajstić information content (AvgIpc) is 3.33. The monoisotopic (exact) mass is 403 g/mol. The van der Waals surface area contributed by atoms with Gasteiger partial charge < -0.3 is 10.4 Å². The van der Waals surface area contributed by atoms with Crippen LogP contribution >= 0.6 is 0 Å². The van der Waals surface area contributed by atoms with E-state index in [4.69, 9.17) is 0 Å². The zero-order chi connectivity index (χ0) is 21.3. The van der Waals surface area contributed by atoms with Crippen LogP contribution in [-0.2, 0) is 13.0 Å². The van der Waals surface area contributed by atoms with Crippen molar-refractivity contribution in [3.8, 4) is 11.1 Å². The Bertz CT molecular complexity index is 1180. The Morgan fingerprint density at radius 1 is 1.17 bits per heavy atom. The van der Waals surface area contributed by atoms with E-state index in [0.29, 0.717) is 18.5 Å². The van der Waals surface area contributed by atoms with E-state index in [1.165, 1.54) is 0 Å². The Balaban J connectivity index is 1.53. The average molecular weight is 403 g/mol. The number of rotatable bonds is 6. The second-order valence-electron chi connectivity index (χ2n) is 8.13. The third-order valence-corrected chi connectivity index (χ3v) is 4.97. The molecule has 2 heterocycles. The number of benzene rings is 2. The summed E-state index contributed by atoms with van der Waals surface area (Å²) in [6.07, 6.45) is 4.44. The number of aromatic amines is 1. The summed E-state index contributed by atoms with van der Waals surface area (Å²) in [6, 6.07) is 13.8. The van der Waals surface area contributed by atoms with E-state index in [-0.39, 0.29) is 5.91 Å². The topological polar surface area (TPSA) is 95.8 Å². The maximum atomic E-state index is 11.9. The molecular formula is C23H25N5O2. The molecule has 0 spiro atoms. The molecule has 4 aromatic rings. The normalized spacial score (nSPS) is 11.7. The third-order valence-electron chi connectivity index (χ3n) is 4.97. The van der Waals surface area contributed by atoms with Gasteiger partial charge in [-0.25, -0.2) is 0 Å². The predicted octanol–water partition coefficient (Wildman–Crippen LogP) is 3.15. The molecule has 7 nitrogen and oxygen atoms in total. The Morgan fingerprint density at radius 3 is 2.63 bits per heavy atom. The lowest BCUT2D eigenvalue weighted by atomic mass is 10.0. The lowest BCUT2D eigenvalue weighted by molar-refractivity contribution is 0.0577. The highest BCUT2D eigenvalue weighted by Crippen LogP contribution is 2.23. The first-order valence-electron chi connectivity index (χ1n) is 9.85. The van der Waals surface area contributed by atoms with Crippen molar-refractivity contribution in [3.63, 3.8) is 0 Å². The quantitative estimate of drug-likeness (QED) is 0.461. The SMILES string of the molecule is CNC(=O)c1ccc2n[nH]c(Cc3ccc(-c4cnn(CC(C)(C)O)c4)cc3)c2c1. The summed E-state index contributed by atoms with van der Waals surface area (Å²) in [5, 5.41) is 25.3. The number of H-pyrrole nitrogens is 1. The van der Waals surface area contributed by atoms with E-state index in [2.05, 4.69) is 44.9 Å². The molecule has 154 valence electrons.